The standard InChI is InChI=1S/C16H21ClO2/c1-10-11-5-3-4-6-12(11)14(17)15(19-2)13(10)9-16(18)7-8-16/h18H,3-9H2,1-2H3. The van der Waals surface area contributed by atoms with Crippen molar-refractivity contribution >= 4 is 11.6 Å². The van der Waals surface area contributed by atoms with Crippen molar-refractivity contribution < 1.29 is 9.84 Å². The van der Waals surface area contributed by atoms with E-state index in [9.17, 15) is 5.11 Å². The van der Waals surface area contributed by atoms with E-state index in [1.54, 1.807) is 7.11 Å². The number of benzene rings is 1. The molecule has 1 saturated carbocycles. The van der Waals surface area contributed by atoms with Crippen molar-refractivity contribution in [3.8, 4) is 5.75 Å². The number of rotatable bonds is 3. The Morgan fingerprint density at radius 2 is 1.84 bits per heavy atom. The van der Waals surface area contributed by atoms with Crippen LogP contribution in [-0.4, -0.2) is 17.8 Å². The number of aliphatic hydroxyl groups is 1. The van der Waals surface area contributed by atoms with Crippen LogP contribution in [0.2, 0.25) is 5.02 Å². The van der Waals surface area contributed by atoms with E-state index < -0.39 is 5.60 Å². The molecule has 0 heterocycles. The highest BCUT2D eigenvalue weighted by molar-refractivity contribution is 6.33. The van der Waals surface area contributed by atoms with Gasteiger partial charge in [0.2, 0.25) is 0 Å². The SMILES string of the molecule is COc1c(Cl)c2c(c(C)c1CC1(O)CC1)CCCC2. The Morgan fingerprint density at radius 3 is 2.42 bits per heavy atom. The average Bonchev–Trinajstić information content (AvgIpc) is 3.14. The number of hydrogen-bond donors (Lipinski definition) is 1. The summed E-state index contributed by atoms with van der Waals surface area (Å²) in [6.45, 7) is 2.16. The van der Waals surface area contributed by atoms with Gasteiger partial charge in [0, 0.05) is 12.0 Å². The predicted molar refractivity (Wildman–Crippen MR) is 77.3 cm³/mol. The molecule has 2 aliphatic rings. The second-order valence-corrected chi connectivity index (χ2v) is 6.39. The molecule has 0 saturated heterocycles. The quantitative estimate of drug-likeness (QED) is 0.917. The van der Waals surface area contributed by atoms with Crippen molar-refractivity contribution in [1.82, 2.24) is 0 Å². The second-order valence-electron chi connectivity index (χ2n) is 6.02. The van der Waals surface area contributed by atoms with E-state index in [0.29, 0.717) is 6.42 Å². The van der Waals surface area contributed by atoms with E-state index in [2.05, 4.69) is 6.92 Å². The molecule has 1 aromatic carbocycles. The van der Waals surface area contributed by atoms with Crippen molar-refractivity contribution in [2.24, 2.45) is 0 Å². The molecule has 0 atom stereocenters. The van der Waals surface area contributed by atoms with Crippen LogP contribution in [0.25, 0.3) is 0 Å². The fraction of sp³-hybridized carbons (Fsp3) is 0.625. The van der Waals surface area contributed by atoms with Gasteiger partial charge in [-0.05, 0) is 62.1 Å². The van der Waals surface area contributed by atoms with Crippen molar-refractivity contribution in [3.63, 3.8) is 0 Å². The minimum Gasteiger partial charge on any atom is -0.495 e. The second kappa shape index (κ2) is 4.68. The highest BCUT2D eigenvalue weighted by Gasteiger charge is 2.42. The summed E-state index contributed by atoms with van der Waals surface area (Å²) < 4.78 is 5.55. The zero-order chi connectivity index (χ0) is 13.6. The number of methoxy groups -OCH3 is 1. The Labute approximate surface area is 119 Å². The van der Waals surface area contributed by atoms with Crippen LogP contribution in [0.4, 0.5) is 0 Å². The monoisotopic (exact) mass is 280 g/mol. The maximum absolute atomic E-state index is 10.2. The summed E-state index contributed by atoms with van der Waals surface area (Å²) in [4.78, 5) is 0. The van der Waals surface area contributed by atoms with Gasteiger partial charge in [-0.1, -0.05) is 11.6 Å². The third kappa shape index (κ3) is 2.25. The van der Waals surface area contributed by atoms with E-state index in [0.717, 1.165) is 42.0 Å². The molecule has 2 aliphatic carbocycles. The molecule has 2 nitrogen and oxygen atoms in total. The van der Waals surface area contributed by atoms with Gasteiger partial charge >= 0.3 is 0 Å². The predicted octanol–water partition coefficient (Wildman–Crippen LogP) is 3.60. The normalized spacial score (nSPS) is 20.0. The van der Waals surface area contributed by atoms with E-state index in [4.69, 9.17) is 16.3 Å². The minimum absolute atomic E-state index is 0.510. The summed E-state index contributed by atoms with van der Waals surface area (Å²) in [5, 5.41) is 11.0. The third-order valence-electron chi connectivity index (χ3n) is 4.65. The van der Waals surface area contributed by atoms with Crippen LogP contribution in [0, 0.1) is 6.92 Å². The first-order valence-corrected chi connectivity index (χ1v) is 7.52. The summed E-state index contributed by atoms with van der Waals surface area (Å²) in [5.41, 5.74) is 4.57. The Bertz CT molecular complexity index is 518. The van der Waals surface area contributed by atoms with Gasteiger partial charge in [-0.2, -0.15) is 0 Å². The largest absolute Gasteiger partial charge is 0.495 e. The molecule has 0 aliphatic heterocycles. The number of hydrogen-bond acceptors (Lipinski definition) is 2. The molecule has 3 heteroatoms. The van der Waals surface area contributed by atoms with E-state index in [1.807, 2.05) is 0 Å². The maximum Gasteiger partial charge on any atom is 0.141 e. The summed E-state index contributed by atoms with van der Waals surface area (Å²) in [6.07, 6.45) is 7.06. The van der Waals surface area contributed by atoms with Gasteiger partial charge in [0.25, 0.3) is 0 Å². The van der Waals surface area contributed by atoms with Crippen molar-refractivity contribution in [2.45, 2.75) is 57.5 Å². The van der Waals surface area contributed by atoms with Crippen LogP contribution in [0.5, 0.6) is 5.75 Å². The lowest BCUT2D eigenvalue weighted by Crippen LogP contribution is -2.16. The topological polar surface area (TPSA) is 29.5 Å². The molecule has 0 bridgehead atoms. The first-order valence-electron chi connectivity index (χ1n) is 7.15. The van der Waals surface area contributed by atoms with Crippen LogP contribution < -0.4 is 4.74 Å². The van der Waals surface area contributed by atoms with Gasteiger partial charge in [-0.25, -0.2) is 0 Å². The first-order chi connectivity index (χ1) is 9.06. The first kappa shape index (κ1) is 13.3. The van der Waals surface area contributed by atoms with Crippen molar-refractivity contribution in [1.29, 1.82) is 0 Å². The molecule has 1 N–H and O–H groups in total. The van der Waals surface area contributed by atoms with Gasteiger partial charge in [0.05, 0.1) is 17.7 Å². The summed E-state index contributed by atoms with van der Waals surface area (Å²) in [6, 6.07) is 0. The van der Waals surface area contributed by atoms with Gasteiger partial charge in [-0.3, -0.25) is 0 Å². The van der Waals surface area contributed by atoms with Crippen LogP contribution in [0.1, 0.15) is 47.9 Å². The highest BCUT2D eigenvalue weighted by Crippen LogP contribution is 2.46. The molecule has 0 radical (unpaired) electrons. The lowest BCUT2D eigenvalue weighted by atomic mass is 9.84. The summed E-state index contributed by atoms with van der Waals surface area (Å²) in [7, 11) is 1.68. The van der Waals surface area contributed by atoms with Crippen LogP contribution in [-0.2, 0) is 19.3 Å². The number of halogens is 1. The van der Waals surface area contributed by atoms with Crippen LogP contribution >= 0.6 is 11.6 Å². The Hall–Kier alpha value is -0.730. The van der Waals surface area contributed by atoms with E-state index in [-0.39, 0.29) is 0 Å². The minimum atomic E-state index is -0.510. The molecule has 3 rings (SSSR count). The van der Waals surface area contributed by atoms with Gasteiger partial charge in [-0.15, -0.1) is 0 Å². The molecular formula is C16H21ClO2. The van der Waals surface area contributed by atoms with Crippen LogP contribution in [0.3, 0.4) is 0 Å². The average molecular weight is 281 g/mol. The van der Waals surface area contributed by atoms with Gasteiger partial charge in [0.15, 0.2) is 0 Å². The fourth-order valence-electron chi connectivity index (χ4n) is 3.26. The van der Waals surface area contributed by atoms with Crippen molar-refractivity contribution in [3.05, 3.63) is 27.3 Å². The van der Waals surface area contributed by atoms with Crippen LogP contribution in [0.15, 0.2) is 0 Å². The molecule has 19 heavy (non-hydrogen) atoms. The zero-order valence-electron chi connectivity index (χ0n) is 11.7. The maximum atomic E-state index is 10.2. The number of ether oxygens (including phenoxy) is 1. The van der Waals surface area contributed by atoms with Gasteiger partial charge in [0.1, 0.15) is 5.75 Å². The van der Waals surface area contributed by atoms with Crippen molar-refractivity contribution in [2.75, 3.05) is 7.11 Å². The van der Waals surface area contributed by atoms with E-state index >= 15 is 0 Å². The molecule has 0 unspecified atom stereocenters. The highest BCUT2D eigenvalue weighted by atomic mass is 35.5. The molecule has 0 amide bonds. The molecule has 1 fully saturated rings. The lowest BCUT2D eigenvalue weighted by Gasteiger charge is -2.25. The van der Waals surface area contributed by atoms with Gasteiger partial charge < -0.3 is 9.84 Å². The third-order valence-corrected chi connectivity index (χ3v) is 5.05. The molecule has 104 valence electrons. The summed E-state index contributed by atoms with van der Waals surface area (Å²) in [5.74, 6) is 0.792. The molecule has 1 aromatic rings. The lowest BCUT2D eigenvalue weighted by molar-refractivity contribution is 0.149. The smallest absolute Gasteiger partial charge is 0.141 e. The zero-order valence-corrected chi connectivity index (χ0v) is 12.4. The molecular weight excluding hydrogens is 260 g/mol. The number of fused-ring (bicyclic) bond motifs is 1. The Morgan fingerprint density at radius 1 is 1.21 bits per heavy atom. The fourth-order valence-corrected chi connectivity index (χ4v) is 3.66. The Balaban J connectivity index is 2.13. The molecule has 0 aromatic heterocycles. The summed E-state index contributed by atoms with van der Waals surface area (Å²) >= 11 is 6.55. The Kier molecular flexibility index (Phi) is 3.26. The molecule has 0 spiro atoms. The van der Waals surface area contributed by atoms with E-state index in [1.165, 1.54) is 29.5 Å².